The minimum absolute atomic E-state index is 0.108. The van der Waals surface area contributed by atoms with Crippen LogP contribution in [0.25, 0.3) is 0 Å². The third-order valence-electron chi connectivity index (χ3n) is 3.87. The van der Waals surface area contributed by atoms with Gasteiger partial charge in [0.25, 0.3) is 0 Å². The van der Waals surface area contributed by atoms with Gasteiger partial charge in [-0.1, -0.05) is 0 Å². The van der Waals surface area contributed by atoms with E-state index in [-0.39, 0.29) is 22.3 Å². The van der Waals surface area contributed by atoms with Crippen molar-refractivity contribution < 1.29 is 29.3 Å². The summed E-state index contributed by atoms with van der Waals surface area (Å²) < 4.78 is 10.9. The van der Waals surface area contributed by atoms with Crippen LogP contribution in [-0.2, 0) is 19.1 Å². The average molecular weight is 389 g/mol. The van der Waals surface area contributed by atoms with Crippen molar-refractivity contribution in [1.29, 1.82) is 0 Å². The normalized spacial score (nSPS) is 15.7. The molecule has 152 valence electrons. The van der Waals surface area contributed by atoms with Crippen LogP contribution in [0.4, 0.5) is 0 Å². The Kier molecular flexibility index (Phi) is 7.67. The highest BCUT2D eigenvalue weighted by Gasteiger charge is 2.35. The quantitative estimate of drug-likeness (QED) is 0.444. The molecule has 0 aromatic carbocycles. The molecule has 1 aromatic rings. The van der Waals surface area contributed by atoms with Crippen LogP contribution >= 0.6 is 0 Å². The molecule has 0 spiro atoms. The van der Waals surface area contributed by atoms with E-state index in [9.17, 15) is 34.2 Å². The number of carboxylic acid groups (broad SMARTS) is 2. The molecule has 4 unspecified atom stereocenters. The van der Waals surface area contributed by atoms with E-state index in [1.807, 2.05) is 0 Å². The smallest absolute Gasteiger partial charge is 0.338 e. The van der Waals surface area contributed by atoms with Gasteiger partial charge >= 0.3 is 29.0 Å². The van der Waals surface area contributed by atoms with Crippen LogP contribution in [-0.4, -0.2) is 61.7 Å². The summed E-state index contributed by atoms with van der Waals surface area (Å²) in [7, 11) is 0. The molecule has 27 heavy (non-hydrogen) atoms. The maximum absolute atomic E-state index is 12.8. The molecule has 0 saturated heterocycles. The number of carboxylic acids is 2. The van der Waals surface area contributed by atoms with E-state index in [1.165, 1.54) is 13.8 Å². The Morgan fingerprint density at radius 3 is 1.48 bits per heavy atom. The number of hydrogen-bond donors (Lipinski definition) is 3. The van der Waals surface area contributed by atoms with Crippen molar-refractivity contribution in [3.63, 3.8) is 0 Å². The molecule has 12 nitrogen and oxygen atoms in total. The Hall–Kier alpha value is -2.73. The van der Waals surface area contributed by atoms with Crippen molar-refractivity contribution in [1.82, 2.24) is 14.1 Å². The largest absolute Gasteiger partial charge is 0.480 e. The Labute approximate surface area is 153 Å². The highest BCUT2D eigenvalue weighted by molar-refractivity contribution is 5.73. The molecule has 0 aliphatic rings. The number of hydrogen-bond acceptors (Lipinski definition) is 7. The van der Waals surface area contributed by atoms with Crippen LogP contribution in [0.5, 0.6) is 0 Å². The van der Waals surface area contributed by atoms with Crippen molar-refractivity contribution >= 4 is 11.9 Å². The predicted octanol–water partition coefficient (Wildman–Crippen LogP) is -1.20. The standard InChI is InChI=1S/C15H23N3O9/c1-5-26-7(3)9(11(19)20)17-13(23)16-14(24)18(15(17)25)10(12(21)22)8(4)27-6-2/h7-10H,5-6H2,1-4H3,(H,19,20)(H,21,22)(H,16,23,24). The summed E-state index contributed by atoms with van der Waals surface area (Å²) in [4.78, 5) is 62.2. The van der Waals surface area contributed by atoms with Gasteiger partial charge in [0.2, 0.25) is 0 Å². The molecule has 1 rings (SSSR count). The van der Waals surface area contributed by atoms with E-state index in [4.69, 9.17) is 9.47 Å². The number of nitrogens with zero attached hydrogens (tertiary/aromatic N) is 2. The molecular weight excluding hydrogens is 366 g/mol. The number of aromatic nitrogens is 3. The van der Waals surface area contributed by atoms with E-state index >= 15 is 0 Å². The maximum atomic E-state index is 12.8. The third-order valence-corrected chi connectivity index (χ3v) is 3.87. The highest BCUT2D eigenvalue weighted by atomic mass is 16.5. The van der Waals surface area contributed by atoms with Crippen molar-refractivity contribution in [2.75, 3.05) is 13.2 Å². The lowest BCUT2D eigenvalue weighted by molar-refractivity contribution is -0.146. The van der Waals surface area contributed by atoms with Gasteiger partial charge in [0.1, 0.15) is 0 Å². The second-order valence-electron chi connectivity index (χ2n) is 5.64. The lowest BCUT2D eigenvalue weighted by atomic mass is 10.1. The number of ether oxygens (including phenoxy) is 2. The van der Waals surface area contributed by atoms with Crippen LogP contribution in [0.3, 0.4) is 0 Å². The van der Waals surface area contributed by atoms with Crippen molar-refractivity contribution in [3.05, 3.63) is 31.5 Å². The molecule has 0 aliphatic carbocycles. The van der Waals surface area contributed by atoms with Gasteiger partial charge in [0.15, 0.2) is 12.1 Å². The first-order valence-electron chi connectivity index (χ1n) is 8.24. The van der Waals surface area contributed by atoms with E-state index in [2.05, 4.69) is 0 Å². The third kappa shape index (κ3) is 4.71. The van der Waals surface area contributed by atoms with Gasteiger partial charge < -0.3 is 19.7 Å². The first kappa shape index (κ1) is 22.3. The number of carbonyl (C=O) groups is 2. The fraction of sp³-hybridized carbons (Fsp3) is 0.667. The molecule has 0 saturated carbocycles. The Morgan fingerprint density at radius 1 is 0.889 bits per heavy atom. The Bertz CT molecular complexity index is 788. The summed E-state index contributed by atoms with van der Waals surface area (Å²) in [5, 5.41) is 18.9. The summed E-state index contributed by atoms with van der Waals surface area (Å²) in [6, 6.07) is -3.55. The van der Waals surface area contributed by atoms with Crippen LogP contribution in [0.2, 0.25) is 0 Å². The first-order valence-corrected chi connectivity index (χ1v) is 8.24. The van der Waals surface area contributed by atoms with Crippen LogP contribution in [0.1, 0.15) is 39.8 Å². The maximum Gasteiger partial charge on any atom is 0.338 e. The van der Waals surface area contributed by atoms with Gasteiger partial charge in [-0.05, 0) is 27.7 Å². The zero-order chi connectivity index (χ0) is 20.9. The fourth-order valence-electron chi connectivity index (χ4n) is 2.74. The molecule has 1 heterocycles. The van der Waals surface area contributed by atoms with E-state index < -0.39 is 53.3 Å². The van der Waals surface area contributed by atoms with Crippen LogP contribution in [0, 0.1) is 0 Å². The molecule has 0 radical (unpaired) electrons. The minimum Gasteiger partial charge on any atom is -0.480 e. The summed E-state index contributed by atoms with van der Waals surface area (Å²) in [6.45, 7) is 6.07. The molecule has 0 aliphatic heterocycles. The fourth-order valence-corrected chi connectivity index (χ4v) is 2.74. The average Bonchev–Trinajstić information content (AvgIpc) is 2.54. The number of nitrogens with one attached hydrogen (secondary N) is 1. The lowest BCUT2D eigenvalue weighted by Crippen LogP contribution is -2.57. The number of rotatable bonds is 10. The van der Waals surface area contributed by atoms with Crippen LogP contribution in [0.15, 0.2) is 14.4 Å². The van der Waals surface area contributed by atoms with Crippen LogP contribution < -0.4 is 17.1 Å². The zero-order valence-corrected chi connectivity index (χ0v) is 15.4. The summed E-state index contributed by atoms with van der Waals surface area (Å²) in [5.41, 5.74) is -3.96. The molecule has 0 fully saturated rings. The van der Waals surface area contributed by atoms with Gasteiger partial charge in [-0.15, -0.1) is 0 Å². The summed E-state index contributed by atoms with van der Waals surface area (Å²) >= 11 is 0. The molecule has 4 atom stereocenters. The Morgan fingerprint density at radius 2 is 1.22 bits per heavy atom. The zero-order valence-electron chi connectivity index (χ0n) is 15.4. The summed E-state index contributed by atoms with van der Waals surface area (Å²) in [5.74, 6) is -3.11. The first-order chi connectivity index (χ1) is 12.6. The van der Waals surface area contributed by atoms with Gasteiger partial charge in [-0.2, -0.15) is 0 Å². The lowest BCUT2D eigenvalue weighted by Gasteiger charge is -2.25. The van der Waals surface area contributed by atoms with Gasteiger partial charge in [0.05, 0.1) is 12.2 Å². The van der Waals surface area contributed by atoms with Crippen molar-refractivity contribution in [2.45, 2.75) is 52.0 Å². The highest BCUT2D eigenvalue weighted by Crippen LogP contribution is 2.14. The van der Waals surface area contributed by atoms with E-state index in [0.29, 0.717) is 0 Å². The topological polar surface area (TPSA) is 170 Å². The molecular formula is C15H23N3O9. The summed E-state index contributed by atoms with van der Waals surface area (Å²) in [6.07, 6.45) is -2.21. The molecule has 0 bridgehead atoms. The van der Waals surface area contributed by atoms with Crippen molar-refractivity contribution in [2.24, 2.45) is 0 Å². The SMILES string of the molecule is CCOC(C)C(C(=O)O)n1c(=O)[nH]c(=O)n(C(C(=O)O)C(C)OCC)c1=O. The van der Waals surface area contributed by atoms with Gasteiger partial charge in [-0.3, -0.25) is 4.98 Å². The number of aliphatic carboxylic acids is 2. The molecule has 12 heteroatoms. The second-order valence-corrected chi connectivity index (χ2v) is 5.64. The predicted molar refractivity (Wildman–Crippen MR) is 91.1 cm³/mol. The van der Waals surface area contributed by atoms with Crippen molar-refractivity contribution in [3.8, 4) is 0 Å². The number of H-pyrrole nitrogens is 1. The molecule has 3 N–H and O–H groups in total. The minimum atomic E-state index is -1.77. The van der Waals surface area contributed by atoms with E-state index in [1.54, 1.807) is 18.8 Å². The molecule has 0 amide bonds. The number of aromatic amines is 1. The van der Waals surface area contributed by atoms with Gasteiger partial charge in [0, 0.05) is 13.2 Å². The molecule has 1 aromatic heterocycles. The van der Waals surface area contributed by atoms with E-state index in [0.717, 1.165) is 0 Å². The second kappa shape index (κ2) is 9.28. The van der Waals surface area contributed by atoms with Gasteiger partial charge in [-0.25, -0.2) is 33.1 Å². The monoisotopic (exact) mass is 389 g/mol. The Balaban J connectivity index is 3.77.